The summed E-state index contributed by atoms with van der Waals surface area (Å²) < 4.78 is 1.86. The van der Waals surface area contributed by atoms with Gasteiger partial charge >= 0.3 is 0 Å². The van der Waals surface area contributed by atoms with Gasteiger partial charge in [0.05, 0.1) is 11.6 Å². The normalized spacial score (nSPS) is 14.0. The number of rotatable bonds is 7. The molecule has 0 unspecified atom stereocenters. The molecule has 0 bridgehead atoms. The molecule has 9 heteroatoms. The Labute approximate surface area is 167 Å². The number of benzene rings is 1. The molecule has 3 heterocycles. The minimum absolute atomic E-state index is 0.00466. The van der Waals surface area contributed by atoms with Crippen LogP contribution in [0, 0.1) is 5.92 Å². The van der Waals surface area contributed by atoms with Crippen molar-refractivity contribution in [3.05, 3.63) is 49.1 Å². The third-order valence-electron chi connectivity index (χ3n) is 4.60. The molecule has 1 aliphatic rings. The second-order valence-electron chi connectivity index (χ2n) is 6.59. The lowest BCUT2D eigenvalue weighted by atomic mass is 9.99. The van der Waals surface area contributed by atoms with Crippen LogP contribution in [0.1, 0.15) is 0 Å². The predicted octanol–water partition coefficient (Wildman–Crippen LogP) is 1.62. The molecule has 0 aliphatic carbocycles. The maximum absolute atomic E-state index is 12.3. The zero-order valence-electron chi connectivity index (χ0n) is 15.5. The molecule has 28 heavy (non-hydrogen) atoms. The average molecular weight is 395 g/mol. The van der Waals surface area contributed by atoms with Gasteiger partial charge in [0.2, 0.25) is 5.91 Å². The number of amides is 1. The largest absolute Gasteiger partial charge is 0.355 e. The number of hydrogen-bond donors (Lipinski definition) is 1. The van der Waals surface area contributed by atoms with E-state index in [4.69, 9.17) is 0 Å². The number of thioether (sulfide) groups is 1. The Morgan fingerprint density at radius 3 is 2.82 bits per heavy atom. The summed E-state index contributed by atoms with van der Waals surface area (Å²) in [6.45, 7) is 1.96. The fourth-order valence-electron chi connectivity index (χ4n) is 2.98. The minimum Gasteiger partial charge on any atom is -0.355 e. The number of nitrogens with zero attached hydrogens (tertiary/aromatic N) is 6. The van der Waals surface area contributed by atoms with E-state index >= 15 is 0 Å². The van der Waals surface area contributed by atoms with Gasteiger partial charge in [-0.1, -0.05) is 42.1 Å². The third-order valence-corrected chi connectivity index (χ3v) is 5.64. The molecule has 1 amide bonds. The maximum Gasteiger partial charge on any atom is 0.226 e. The van der Waals surface area contributed by atoms with Crippen molar-refractivity contribution < 1.29 is 4.79 Å². The van der Waals surface area contributed by atoms with Gasteiger partial charge in [0, 0.05) is 44.1 Å². The number of aryl methyl sites for hydroxylation is 1. The van der Waals surface area contributed by atoms with Crippen LogP contribution in [0.15, 0.2) is 54.2 Å². The Kier molecular flexibility index (Phi) is 5.52. The van der Waals surface area contributed by atoms with Crippen molar-refractivity contribution in [3.8, 4) is 11.3 Å². The van der Waals surface area contributed by atoms with Crippen LogP contribution in [0.5, 0.6) is 0 Å². The summed E-state index contributed by atoms with van der Waals surface area (Å²) in [7, 11) is 1.90. The second kappa shape index (κ2) is 8.39. The zero-order valence-corrected chi connectivity index (χ0v) is 16.3. The Morgan fingerprint density at radius 1 is 1.25 bits per heavy atom. The van der Waals surface area contributed by atoms with Crippen molar-refractivity contribution in [2.75, 3.05) is 30.3 Å². The van der Waals surface area contributed by atoms with Crippen molar-refractivity contribution in [1.29, 1.82) is 0 Å². The molecule has 0 saturated carbocycles. The van der Waals surface area contributed by atoms with Gasteiger partial charge in [-0.2, -0.15) is 0 Å². The van der Waals surface area contributed by atoms with Crippen LogP contribution >= 0.6 is 11.8 Å². The lowest BCUT2D eigenvalue weighted by molar-refractivity contribution is -0.125. The fraction of sp³-hybridized carbons (Fsp3) is 0.316. The molecule has 0 radical (unpaired) electrons. The highest BCUT2D eigenvalue weighted by molar-refractivity contribution is 7.99. The smallest absolute Gasteiger partial charge is 0.226 e. The number of carbonyl (C=O) groups is 1. The van der Waals surface area contributed by atoms with E-state index in [1.807, 2.05) is 48.0 Å². The lowest BCUT2D eigenvalue weighted by Gasteiger charge is -2.39. The number of hydrogen-bond acceptors (Lipinski definition) is 7. The van der Waals surface area contributed by atoms with E-state index in [0.29, 0.717) is 19.6 Å². The molecular weight excluding hydrogens is 374 g/mol. The monoisotopic (exact) mass is 395 g/mol. The van der Waals surface area contributed by atoms with Crippen LogP contribution in [0.3, 0.4) is 0 Å². The third kappa shape index (κ3) is 4.14. The van der Waals surface area contributed by atoms with Crippen LogP contribution in [-0.4, -0.2) is 56.0 Å². The molecule has 144 valence electrons. The van der Waals surface area contributed by atoms with Crippen LogP contribution < -0.4 is 10.2 Å². The van der Waals surface area contributed by atoms with Gasteiger partial charge in [-0.3, -0.25) is 4.79 Å². The van der Waals surface area contributed by atoms with Crippen molar-refractivity contribution in [2.24, 2.45) is 13.0 Å². The first-order chi connectivity index (χ1) is 13.7. The van der Waals surface area contributed by atoms with E-state index in [1.54, 1.807) is 24.4 Å². The number of aromatic nitrogens is 5. The average Bonchev–Trinajstić information content (AvgIpc) is 3.10. The maximum atomic E-state index is 12.3. The number of carbonyl (C=O) groups excluding carboxylic acids is 1. The first-order valence-electron chi connectivity index (χ1n) is 9.07. The van der Waals surface area contributed by atoms with Crippen LogP contribution in [-0.2, 0) is 11.8 Å². The quantitative estimate of drug-likeness (QED) is 0.480. The summed E-state index contributed by atoms with van der Waals surface area (Å²) in [6.07, 6.45) is 3.25. The molecule has 4 rings (SSSR count). The van der Waals surface area contributed by atoms with E-state index in [-0.39, 0.29) is 11.8 Å². The summed E-state index contributed by atoms with van der Waals surface area (Å²) >= 11 is 1.58. The lowest BCUT2D eigenvalue weighted by Crippen LogP contribution is -2.54. The molecule has 0 atom stereocenters. The molecular formula is C19H21N7OS. The van der Waals surface area contributed by atoms with Crippen molar-refractivity contribution in [2.45, 2.75) is 5.16 Å². The Bertz CT molecular complexity index is 940. The van der Waals surface area contributed by atoms with Gasteiger partial charge in [0.1, 0.15) is 18.5 Å². The van der Waals surface area contributed by atoms with Gasteiger partial charge in [0.15, 0.2) is 5.16 Å². The summed E-state index contributed by atoms with van der Waals surface area (Å²) in [5.41, 5.74) is 1.95. The highest BCUT2D eigenvalue weighted by atomic mass is 32.2. The predicted molar refractivity (Wildman–Crippen MR) is 108 cm³/mol. The Morgan fingerprint density at radius 2 is 2.07 bits per heavy atom. The highest BCUT2D eigenvalue weighted by Gasteiger charge is 2.33. The number of anilines is 1. The molecule has 2 aromatic heterocycles. The van der Waals surface area contributed by atoms with E-state index in [1.165, 1.54) is 0 Å². The molecule has 8 nitrogen and oxygen atoms in total. The number of nitrogens with one attached hydrogen (secondary N) is 1. The zero-order chi connectivity index (χ0) is 19.3. The molecule has 1 aliphatic heterocycles. The summed E-state index contributed by atoms with van der Waals surface area (Å²) in [6, 6.07) is 12.0. The van der Waals surface area contributed by atoms with Crippen LogP contribution in [0.25, 0.3) is 11.3 Å². The van der Waals surface area contributed by atoms with Gasteiger partial charge in [-0.15, -0.1) is 10.2 Å². The van der Waals surface area contributed by atoms with Crippen molar-refractivity contribution in [1.82, 2.24) is 30.0 Å². The summed E-state index contributed by atoms with van der Waals surface area (Å²) in [5.74, 6) is 1.71. The van der Waals surface area contributed by atoms with Gasteiger partial charge in [-0.25, -0.2) is 9.97 Å². The van der Waals surface area contributed by atoms with Crippen LogP contribution in [0.4, 0.5) is 5.82 Å². The van der Waals surface area contributed by atoms with E-state index in [9.17, 15) is 4.79 Å². The van der Waals surface area contributed by atoms with Gasteiger partial charge in [0.25, 0.3) is 0 Å². The van der Waals surface area contributed by atoms with Gasteiger partial charge in [-0.05, 0) is 0 Å². The molecule has 1 saturated heterocycles. The highest BCUT2D eigenvalue weighted by Crippen LogP contribution is 2.26. The van der Waals surface area contributed by atoms with E-state index < -0.39 is 0 Å². The summed E-state index contributed by atoms with van der Waals surface area (Å²) in [5, 5.41) is 11.7. The Balaban J connectivity index is 1.24. The first kappa shape index (κ1) is 18.4. The molecule has 3 aromatic rings. The van der Waals surface area contributed by atoms with Crippen LogP contribution in [0.2, 0.25) is 0 Å². The molecule has 1 fully saturated rings. The second-order valence-corrected chi connectivity index (χ2v) is 7.66. The van der Waals surface area contributed by atoms with Crippen molar-refractivity contribution >= 4 is 23.5 Å². The minimum atomic E-state index is -0.00466. The SMILES string of the molecule is Cn1cnnc1SCCNC(=O)C1CN(c2cc(-c3ccccc3)ncn2)C1. The van der Waals surface area contributed by atoms with Gasteiger partial charge < -0.3 is 14.8 Å². The fourth-order valence-corrected chi connectivity index (χ4v) is 3.72. The Hall–Kier alpha value is -2.94. The standard InChI is InChI=1S/C19H21N7OS/c1-25-13-23-24-19(25)28-8-7-20-18(27)15-10-26(11-15)17-9-16(21-12-22-17)14-5-3-2-4-6-14/h2-6,9,12-13,15H,7-8,10-11H2,1H3,(H,20,27). The summed E-state index contributed by atoms with van der Waals surface area (Å²) in [4.78, 5) is 23.1. The van der Waals surface area contributed by atoms with E-state index in [2.05, 4.69) is 30.4 Å². The first-order valence-corrected chi connectivity index (χ1v) is 10.1. The molecule has 1 aromatic carbocycles. The molecule has 0 spiro atoms. The van der Waals surface area contributed by atoms with Crippen molar-refractivity contribution in [3.63, 3.8) is 0 Å². The molecule has 1 N–H and O–H groups in total. The topological polar surface area (TPSA) is 88.8 Å². The van der Waals surface area contributed by atoms with E-state index in [0.717, 1.165) is 28.0 Å².